The van der Waals surface area contributed by atoms with Crippen molar-refractivity contribution < 1.29 is 18.8 Å². The number of carbonyl (C=O) groups excluding carboxylic acids is 1. The number of ether oxygens (including phenoxy) is 1. The topological polar surface area (TPSA) is 60.9 Å². The molecule has 0 aromatic carbocycles. The van der Waals surface area contributed by atoms with Gasteiger partial charge in [-0.3, -0.25) is 4.90 Å². The predicted molar refractivity (Wildman–Crippen MR) is 111 cm³/mol. The number of hydrogen-bond donors (Lipinski definition) is 0. The smallest absolute Gasteiger partial charge is 0.443 e. The first-order valence-electron chi connectivity index (χ1n) is 10.1. The van der Waals surface area contributed by atoms with E-state index in [1.165, 1.54) is 0 Å². The number of carbonyl (C=O) groups is 1. The van der Waals surface area contributed by atoms with Crippen LogP contribution in [-0.4, -0.2) is 41.5 Å². The molecule has 1 fully saturated rings. The summed E-state index contributed by atoms with van der Waals surface area (Å²) in [6, 6.07) is 0. The summed E-state index contributed by atoms with van der Waals surface area (Å²) in [6.07, 6.45) is 1.41. The SMILES string of the molecule is Cc1nc2c(c(C)c1B1OC(C)(C)C(C)(C)O1)CCCN2C(=O)OC(C)(C)C. The summed E-state index contributed by atoms with van der Waals surface area (Å²) in [4.78, 5) is 19.2. The van der Waals surface area contributed by atoms with Gasteiger partial charge in [-0.1, -0.05) is 0 Å². The van der Waals surface area contributed by atoms with Gasteiger partial charge in [0, 0.05) is 17.7 Å². The molecule has 0 unspecified atom stereocenters. The maximum atomic E-state index is 12.7. The van der Waals surface area contributed by atoms with Crippen molar-refractivity contribution in [1.82, 2.24) is 4.98 Å². The average Bonchev–Trinajstić information content (AvgIpc) is 2.72. The Kier molecular flexibility index (Phi) is 5.08. The zero-order valence-corrected chi connectivity index (χ0v) is 18.7. The molecule has 2 aliphatic rings. The van der Waals surface area contributed by atoms with Crippen molar-refractivity contribution in [3.05, 3.63) is 16.8 Å². The molecule has 1 aromatic heterocycles. The van der Waals surface area contributed by atoms with E-state index in [9.17, 15) is 4.79 Å². The molecular formula is C21H33BN2O4. The van der Waals surface area contributed by atoms with Crippen LogP contribution in [0, 0.1) is 13.8 Å². The largest absolute Gasteiger partial charge is 0.496 e. The first-order chi connectivity index (χ1) is 12.7. The van der Waals surface area contributed by atoms with Gasteiger partial charge in [0.15, 0.2) is 0 Å². The fourth-order valence-electron chi connectivity index (χ4n) is 3.73. The van der Waals surface area contributed by atoms with Gasteiger partial charge in [-0.15, -0.1) is 0 Å². The molecule has 1 saturated heterocycles. The van der Waals surface area contributed by atoms with Gasteiger partial charge < -0.3 is 14.0 Å². The Hall–Kier alpha value is -1.60. The van der Waals surface area contributed by atoms with Gasteiger partial charge in [0.25, 0.3) is 0 Å². The number of nitrogens with zero attached hydrogens (tertiary/aromatic N) is 2. The van der Waals surface area contributed by atoms with E-state index < -0.39 is 23.9 Å². The molecule has 3 rings (SSSR count). The molecule has 7 heteroatoms. The van der Waals surface area contributed by atoms with Crippen molar-refractivity contribution in [1.29, 1.82) is 0 Å². The van der Waals surface area contributed by atoms with E-state index in [2.05, 4.69) is 6.92 Å². The predicted octanol–water partition coefficient (Wildman–Crippen LogP) is 3.69. The van der Waals surface area contributed by atoms with E-state index in [1.54, 1.807) is 4.90 Å². The molecular weight excluding hydrogens is 355 g/mol. The van der Waals surface area contributed by atoms with Crippen LogP contribution in [0.3, 0.4) is 0 Å². The first-order valence-corrected chi connectivity index (χ1v) is 10.1. The van der Waals surface area contributed by atoms with Gasteiger partial charge in [0.05, 0.1) is 11.2 Å². The zero-order chi connectivity index (χ0) is 21.1. The average molecular weight is 388 g/mol. The standard InChI is InChI=1S/C21H33BN2O4/c1-13-15-11-10-12-24(18(25)26-19(3,4)5)17(15)23-14(2)16(13)22-27-20(6,7)21(8,9)28-22/h10-12H2,1-9H3. The molecule has 0 saturated carbocycles. The van der Waals surface area contributed by atoms with Crippen molar-refractivity contribution in [3.63, 3.8) is 0 Å². The van der Waals surface area contributed by atoms with E-state index in [1.807, 2.05) is 55.4 Å². The summed E-state index contributed by atoms with van der Waals surface area (Å²) in [5.74, 6) is 0.704. The highest BCUT2D eigenvalue weighted by atomic mass is 16.7. The van der Waals surface area contributed by atoms with Crippen LogP contribution < -0.4 is 10.4 Å². The number of pyridine rings is 1. The van der Waals surface area contributed by atoms with Crippen LogP contribution in [-0.2, 0) is 20.5 Å². The third kappa shape index (κ3) is 3.66. The fourth-order valence-corrected chi connectivity index (χ4v) is 3.73. The highest BCUT2D eigenvalue weighted by molar-refractivity contribution is 6.63. The van der Waals surface area contributed by atoms with Gasteiger partial charge in [0.1, 0.15) is 11.4 Å². The van der Waals surface area contributed by atoms with Crippen LogP contribution in [0.5, 0.6) is 0 Å². The third-order valence-corrected chi connectivity index (χ3v) is 5.96. The molecule has 28 heavy (non-hydrogen) atoms. The van der Waals surface area contributed by atoms with Crippen molar-refractivity contribution in [2.45, 2.75) is 92.0 Å². The lowest BCUT2D eigenvalue weighted by molar-refractivity contribution is 0.00578. The maximum absolute atomic E-state index is 12.7. The molecule has 0 bridgehead atoms. The molecule has 0 aliphatic carbocycles. The summed E-state index contributed by atoms with van der Waals surface area (Å²) in [5.41, 5.74) is 2.61. The quantitative estimate of drug-likeness (QED) is 0.687. The number of anilines is 1. The zero-order valence-electron chi connectivity index (χ0n) is 18.7. The number of amides is 1. The van der Waals surface area contributed by atoms with Crippen LogP contribution in [0.15, 0.2) is 0 Å². The molecule has 0 radical (unpaired) electrons. The number of hydrogen-bond acceptors (Lipinski definition) is 5. The monoisotopic (exact) mass is 388 g/mol. The molecule has 0 N–H and O–H groups in total. The van der Waals surface area contributed by atoms with Crippen LogP contribution in [0.4, 0.5) is 10.6 Å². The van der Waals surface area contributed by atoms with E-state index in [4.69, 9.17) is 19.0 Å². The van der Waals surface area contributed by atoms with E-state index in [0.717, 1.165) is 35.1 Å². The summed E-state index contributed by atoms with van der Waals surface area (Å²) in [5, 5.41) is 0. The molecule has 6 nitrogen and oxygen atoms in total. The van der Waals surface area contributed by atoms with Crippen molar-refractivity contribution in [3.8, 4) is 0 Å². The van der Waals surface area contributed by atoms with Crippen LogP contribution in [0.2, 0.25) is 0 Å². The van der Waals surface area contributed by atoms with Crippen molar-refractivity contribution in [2.75, 3.05) is 11.4 Å². The van der Waals surface area contributed by atoms with Gasteiger partial charge in [0.2, 0.25) is 0 Å². The summed E-state index contributed by atoms with van der Waals surface area (Å²) >= 11 is 0. The lowest BCUT2D eigenvalue weighted by Crippen LogP contribution is -2.44. The molecule has 1 amide bonds. The molecule has 0 atom stereocenters. The van der Waals surface area contributed by atoms with E-state index in [-0.39, 0.29) is 6.09 Å². The highest BCUT2D eigenvalue weighted by Gasteiger charge is 2.53. The van der Waals surface area contributed by atoms with Crippen molar-refractivity contribution in [2.24, 2.45) is 0 Å². The van der Waals surface area contributed by atoms with Gasteiger partial charge in [-0.05, 0) is 86.3 Å². The minimum absolute atomic E-state index is 0.344. The Morgan fingerprint density at radius 2 is 1.71 bits per heavy atom. The maximum Gasteiger partial charge on any atom is 0.496 e. The molecule has 3 heterocycles. The Labute approximate surface area is 169 Å². The second kappa shape index (κ2) is 6.73. The summed E-state index contributed by atoms with van der Waals surface area (Å²) in [7, 11) is -0.459. The second-order valence-corrected chi connectivity index (χ2v) is 9.86. The highest BCUT2D eigenvalue weighted by Crippen LogP contribution is 2.38. The number of rotatable bonds is 1. The lowest BCUT2D eigenvalue weighted by atomic mass is 9.73. The van der Waals surface area contributed by atoms with E-state index in [0.29, 0.717) is 12.4 Å². The van der Waals surface area contributed by atoms with E-state index >= 15 is 0 Å². The van der Waals surface area contributed by atoms with Gasteiger partial charge in [-0.2, -0.15) is 0 Å². The lowest BCUT2D eigenvalue weighted by Gasteiger charge is -2.32. The minimum atomic E-state index is -0.540. The molecule has 0 spiro atoms. The Balaban J connectivity index is 2.00. The van der Waals surface area contributed by atoms with Crippen LogP contribution in [0.25, 0.3) is 0 Å². The number of aryl methyl sites for hydroxylation is 1. The van der Waals surface area contributed by atoms with Gasteiger partial charge >= 0.3 is 13.2 Å². The van der Waals surface area contributed by atoms with Gasteiger partial charge in [-0.25, -0.2) is 9.78 Å². The number of fused-ring (bicyclic) bond motifs is 1. The Bertz CT molecular complexity index is 783. The van der Waals surface area contributed by atoms with Crippen molar-refractivity contribution >= 4 is 24.5 Å². The molecule has 154 valence electrons. The Morgan fingerprint density at radius 1 is 1.14 bits per heavy atom. The number of aromatic nitrogens is 1. The van der Waals surface area contributed by atoms with Crippen LogP contribution >= 0.6 is 0 Å². The summed E-state index contributed by atoms with van der Waals surface area (Å²) < 4.78 is 18.1. The Morgan fingerprint density at radius 3 is 2.25 bits per heavy atom. The fraction of sp³-hybridized carbons (Fsp3) is 0.714. The summed E-state index contributed by atoms with van der Waals surface area (Å²) in [6.45, 7) is 18.5. The molecule has 1 aromatic rings. The normalized spacial score (nSPS) is 20.9. The second-order valence-electron chi connectivity index (χ2n) is 9.86. The molecule has 2 aliphatic heterocycles. The minimum Gasteiger partial charge on any atom is -0.443 e. The third-order valence-electron chi connectivity index (χ3n) is 5.96. The van der Waals surface area contributed by atoms with Crippen LogP contribution in [0.1, 0.15) is 71.7 Å². The first kappa shape index (κ1) is 21.1.